The van der Waals surface area contributed by atoms with Gasteiger partial charge in [0.15, 0.2) is 0 Å². The number of amides is 2. The van der Waals surface area contributed by atoms with E-state index < -0.39 is 23.3 Å². The fourth-order valence-corrected chi connectivity index (χ4v) is 1.97. The maximum atomic E-state index is 13.6. The van der Waals surface area contributed by atoms with Crippen molar-refractivity contribution in [2.45, 2.75) is 5.92 Å². The molecule has 1 aliphatic heterocycles. The molecule has 3 rings (SSSR count). The molecule has 0 aliphatic carbocycles. The highest BCUT2D eigenvalue weighted by Crippen LogP contribution is 2.40. The van der Waals surface area contributed by atoms with Gasteiger partial charge in [-0.1, -0.05) is 18.2 Å². The fourth-order valence-electron chi connectivity index (χ4n) is 1.97. The molecule has 0 unspecified atom stereocenters. The first kappa shape index (κ1) is 13.2. The molecule has 1 aliphatic rings. The fraction of sp³-hybridized carbons (Fsp3) is 0.0714. The maximum Gasteiger partial charge on any atom is 0.353 e. The van der Waals surface area contributed by atoms with Crippen molar-refractivity contribution in [1.82, 2.24) is 4.98 Å². The van der Waals surface area contributed by atoms with Crippen molar-refractivity contribution < 1.29 is 18.4 Å². The molecule has 2 heterocycles. The Balaban J connectivity index is 1.88. The van der Waals surface area contributed by atoms with E-state index in [1.165, 1.54) is 6.20 Å². The van der Waals surface area contributed by atoms with Gasteiger partial charge in [-0.2, -0.15) is 8.78 Å². The number of halogens is 2. The number of aromatic nitrogens is 1. The molecule has 0 saturated heterocycles. The number of nitrogens with zero attached hydrogens (tertiary/aromatic N) is 1. The van der Waals surface area contributed by atoms with E-state index in [0.717, 1.165) is 6.07 Å². The quantitative estimate of drug-likeness (QED) is 0.891. The molecule has 0 atom stereocenters. The summed E-state index contributed by atoms with van der Waals surface area (Å²) in [5, 5.41) is 4.45. The molecule has 7 heteroatoms. The summed E-state index contributed by atoms with van der Waals surface area (Å²) in [6.45, 7) is 0. The van der Waals surface area contributed by atoms with Crippen LogP contribution in [0.25, 0.3) is 0 Å². The zero-order valence-corrected chi connectivity index (χ0v) is 10.6. The smallest absolute Gasteiger partial charge is 0.321 e. The summed E-state index contributed by atoms with van der Waals surface area (Å²) in [7, 11) is 0. The van der Waals surface area contributed by atoms with Crippen LogP contribution in [0.5, 0.6) is 0 Å². The van der Waals surface area contributed by atoms with Gasteiger partial charge in [0.2, 0.25) is 0 Å². The van der Waals surface area contributed by atoms with Crippen LogP contribution in [0.2, 0.25) is 0 Å². The van der Waals surface area contributed by atoms with Gasteiger partial charge in [0.25, 0.3) is 5.91 Å². The lowest BCUT2D eigenvalue weighted by molar-refractivity contribution is -0.139. The van der Waals surface area contributed by atoms with Gasteiger partial charge < -0.3 is 10.6 Å². The first-order valence-corrected chi connectivity index (χ1v) is 6.04. The van der Waals surface area contributed by atoms with Crippen molar-refractivity contribution in [3.05, 3.63) is 53.7 Å². The zero-order chi connectivity index (χ0) is 15.0. The Hall–Kier alpha value is -2.83. The molecular weight excluding hydrogens is 280 g/mol. The Bertz CT molecular complexity index is 732. The van der Waals surface area contributed by atoms with Crippen molar-refractivity contribution in [3.8, 4) is 0 Å². The number of fused-ring (bicyclic) bond motifs is 1. The minimum Gasteiger partial charge on any atom is -0.321 e. The summed E-state index contributed by atoms with van der Waals surface area (Å²) in [5.74, 6) is -5.70. The van der Waals surface area contributed by atoms with Gasteiger partial charge in [-0.15, -0.1) is 0 Å². The van der Waals surface area contributed by atoms with Crippen molar-refractivity contribution in [1.29, 1.82) is 0 Å². The minimum absolute atomic E-state index is 0.0961. The molecule has 0 fully saturated rings. The third-order valence-electron chi connectivity index (χ3n) is 3.04. The SMILES string of the molecule is O=C(Nc1cnc2c(c1)C(F)(F)C(=O)N2)c1ccccc1. The Morgan fingerprint density at radius 2 is 1.95 bits per heavy atom. The second-order valence-corrected chi connectivity index (χ2v) is 4.47. The summed E-state index contributed by atoms with van der Waals surface area (Å²) in [6, 6.07) is 9.36. The summed E-state index contributed by atoms with van der Waals surface area (Å²) < 4.78 is 27.2. The number of hydrogen-bond acceptors (Lipinski definition) is 3. The van der Waals surface area contributed by atoms with E-state index in [0.29, 0.717) is 5.56 Å². The lowest BCUT2D eigenvalue weighted by Crippen LogP contribution is -2.23. The van der Waals surface area contributed by atoms with Crippen LogP contribution in [0.1, 0.15) is 15.9 Å². The van der Waals surface area contributed by atoms with Crippen LogP contribution >= 0.6 is 0 Å². The Morgan fingerprint density at radius 1 is 1.24 bits per heavy atom. The normalized spacial score (nSPS) is 15.2. The van der Waals surface area contributed by atoms with Crippen LogP contribution in [0.4, 0.5) is 20.3 Å². The highest BCUT2D eigenvalue weighted by molar-refractivity contribution is 6.06. The molecule has 0 saturated carbocycles. The summed E-state index contributed by atoms with van der Waals surface area (Å²) in [4.78, 5) is 26.8. The molecule has 21 heavy (non-hydrogen) atoms. The standard InChI is InChI=1S/C14H9F2N3O2/c15-14(16)10-6-9(7-17-11(10)19-13(14)21)18-12(20)8-4-2-1-3-5-8/h1-7H,(H,18,20)(H,17,19,21). The number of alkyl halides is 2. The minimum atomic E-state index is -3.64. The molecule has 1 aromatic heterocycles. The number of benzene rings is 1. The van der Waals surface area contributed by atoms with Crippen LogP contribution in [0.15, 0.2) is 42.6 Å². The van der Waals surface area contributed by atoms with Gasteiger partial charge in [-0.25, -0.2) is 4.98 Å². The lowest BCUT2D eigenvalue weighted by atomic mass is 10.1. The van der Waals surface area contributed by atoms with Crippen LogP contribution in [-0.2, 0) is 10.7 Å². The van der Waals surface area contributed by atoms with E-state index in [-0.39, 0.29) is 11.5 Å². The van der Waals surface area contributed by atoms with Gasteiger partial charge in [0, 0.05) is 5.56 Å². The van der Waals surface area contributed by atoms with Crippen LogP contribution in [0.3, 0.4) is 0 Å². The number of rotatable bonds is 2. The van der Waals surface area contributed by atoms with E-state index in [1.54, 1.807) is 30.3 Å². The van der Waals surface area contributed by atoms with Crippen molar-refractivity contribution in [2.75, 3.05) is 10.6 Å². The van der Waals surface area contributed by atoms with Gasteiger partial charge in [-0.3, -0.25) is 9.59 Å². The number of nitrogens with one attached hydrogen (secondary N) is 2. The second-order valence-electron chi connectivity index (χ2n) is 4.47. The molecule has 106 valence electrons. The highest BCUT2D eigenvalue weighted by Gasteiger charge is 2.49. The van der Waals surface area contributed by atoms with Crippen molar-refractivity contribution in [3.63, 3.8) is 0 Å². The molecule has 2 N–H and O–H groups in total. The summed E-state index contributed by atoms with van der Waals surface area (Å²) >= 11 is 0. The zero-order valence-electron chi connectivity index (χ0n) is 10.6. The second kappa shape index (κ2) is 4.62. The van der Waals surface area contributed by atoms with Crippen molar-refractivity contribution in [2.24, 2.45) is 0 Å². The largest absolute Gasteiger partial charge is 0.353 e. The number of pyridine rings is 1. The van der Waals surface area contributed by atoms with Crippen molar-refractivity contribution >= 4 is 23.3 Å². The predicted octanol–water partition coefficient (Wildman–Crippen LogP) is 2.38. The Kier molecular flexibility index (Phi) is 2.90. The molecule has 0 spiro atoms. The Labute approximate surface area is 118 Å². The lowest BCUT2D eigenvalue weighted by Gasteiger charge is -2.09. The average molecular weight is 289 g/mol. The highest BCUT2D eigenvalue weighted by atomic mass is 19.3. The van der Waals surface area contributed by atoms with E-state index in [1.807, 2.05) is 5.32 Å². The number of hydrogen-bond donors (Lipinski definition) is 2. The molecule has 0 bridgehead atoms. The molecule has 2 aromatic rings. The third-order valence-corrected chi connectivity index (χ3v) is 3.04. The molecule has 5 nitrogen and oxygen atoms in total. The van der Waals surface area contributed by atoms with E-state index in [2.05, 4.69) is 10.3 Å². The molecule has 0 radical (unpaired) electrons. The average Bonchev–Trinajstić information content (AvgIpc) is 2.70. The maximum absolute atomic E-state index is 13.6. The van der Waals surface area contributed by atoms with Crippen LogP contribution in [-0.4, -0.2) is 16.8 Å². The van der Waals surface area contributed by atoms with Crippen LogP contribution in [0, 0.1) is 0 Å². The number of carbonyl (C=O) groups excluding carboxylic acids is 2. The first-order chi connectivity index (χ1) is 9.98. The monoisotopic (exact) mass is 289 g/mol. The van der Waals surface area contributed by atoms with E-state index in [4.69, 9.17) is 0 Å². The number of anilines is 2. The van der Waals surface area contributed by atoms with Gasteiger partial charge >= 0.3 is 11.8 Å². The summed E-state index contributed by atoms with van der Waals surface area (Å²) in [5.41, 5.74) is -0.0592. The molecule has 2 amide bonds. The van der Waals surface area contributed by atoms with E-state index in [9.17, 15) is 18.4 Å². The third kappa shape index (κ3) is 2.22. The molecular formula is C14H9F2N3O2. The van der Waals surface area contributed by atoms with Gasteiger partial charge in [0.1, 0.15) is 5.82 Å². The number of carbonyl (C=O) groups is 2. The molecule has 1 aromatic carbocycles. The van der Waals surface area contributed by atoms with Gasteiger partial charge in [0.05, 0.1) is 17.4 Å². The Morgan fingerprint density at radius 3 is 2.67 bits per heavy atom. The predicted molar refractivity (Wildman–Crippen MR) is 71.2 cm³/mol. The topological polar surface area (TPSA) is 71.1 Å². The van der Waals surface area contributed by atoms with Gasteiger partial charge in [-0.05, 0) is 18.2 Å². The summed E-state index contributed by atoms with van der Waals surface area (Å²) in [6.07, 6.45) is 1.21. The van der Waals surface area contributed by atoms with Crippen LogP contribution < -0.4 is 10.6 Å². The first-order valence-electron chi connectivity index (χ1n) is 6.04. The van der Waals surface area contributed by atoms with E-state index >= 15 is 0 Å².